The maximum atomic E-state index is 10.8. The van der Waals surface area contributed by atoms with E-state index in [-0.39, 0.29) is 0 Å². The van der Waals surface area contributed by atoms with E-state index in [4.69, 9.17) is 0 Å². The summed E-state index contributed by atoms with van der Waals surface area (Å²) in [6, 6.07) is 0. The first-order chi connectivity index (χ1) is 3.89. The lowest BCUT2D eigenvalue weighted by atomic mass is 13.5. The third-order valence-corrected chi connectivity index (χ3v) is 1.05. The fraction of sp³-hybridized carbons (Fsp3) is 0. The minimum absolute atomic E-state index is 2.59. The molecule has 4 nitrogen and oxygen atoms in total. The maximum absolute atomic E-state index is 10.8. The van der Waals surface area contributed by atoms with Gasteiger partial charge in [0.15, 0.2) is 9.50 Å². The average molecular weight is 168 g/mol. The number of rotatable bonds is 2. The smallest absolute Gasteiger partial charge is 0.185 e. The van der Waals surface area contributed by atoms with Gasteiger partial charge in [0, 0.05) is 0 Å². The molecule has 0 amide bonds. The third-order valence-electron chi connectivity index (χ3n) is 0.349. The number of nitrogens with zero attached hydrogens (tertiary/aromatic N) is 2. The SMILES string of the molecule is O=S(=O)(N(F)F)N(F)F. The van der Waals surface area contributed by atoms with Crippen LogP contribution in [-0.2, 0) is 10.2 Å². The highest BCUT2D eigenvalue weighted by atomic mass is 32.2. The van der Waals surface area contributed by atoms with E-state index < -0.39 is 19.7 Å². The first-order valence-corrected chi connectivity index (χ1v) is 2.77. The molecule has 9 heteroatoms. The quantitative estimate of drug-likeness (QED) is 0.441. The second-order valence-corrected chi connectivity index (χ2v) is 2.30. The van der Waals surface area contributed by atoms with E-state index in [9.17, 15) is 26.3 Å². The largest absolute Gasteiger partial charge is 0.391 e. The van der Waals surface area contributed by atoms with Crippen molar-refractivity contribution in [3.63, 3.8) is 0 Å². The van der Waals surface area contributed by atoms with E-state index >= 15 is 0 Å². The molecule has 0 saturated carbocycles. The van der Waals surface area contributed by atoms with Gasteiger partial charge in [0.05, 0.1) is 0 Å². The van der Waals surface area contributed by atoms with E-state index in [2.05, 4.69) is 0 Å². The van der Waals surface area contributed by atoms with Gasteiger partial charge in [0.2, 0.25) is 0 Å². The van der Waals surface area contributed by atoms with Crippen molar-refractivity contribution < 1.29 is 26.3 Å². The maximum Gasteiger partial charge on any atom is 0.391 e. The Kier molecular flexibility index (Phi) is 2.34. The molecule has 0 fully saturated rings. The van der Waals surface area contributed by atoms with Crippen molar-refractivity contribution in [3.8, 4) is 0 Å². The normalized spacial score (nSPS) is 13.1. The molecule has 0 aliphatic heterocycles. The molecular formula is F4N2O2S. The molecular weight excluding hydrogens is 168 g/mol. The topological polar surface area (TPSA) is 40.6 Å². The average Bonchev–Trinajstić information content (AvgIpc) is 1.65. The summed E-state index contributed by atoms with van der Waals surface area (Å²) in [7, 11) is -5.81. The van der Waals surface area contributed by atoms with Gasteiger partial charge in [0.1, 0.15) is 0 Å². The minimum Gasteiger partial charge on any atom is -0.185 e. The predicted octanol–water partition coefficient (Wildman–Crippen LogP) is 0.373. The first kappa shape index (κ1) is 8.59. The lowest BCUT2D eigenvalue weighted by molar-refractivity contribution is -0.112. The van der Waals surface area contributed by atoms with Gasteiger partial charge < -0.3 is 0 Å². The van der Waals surface area contributed by atoms with Crippen molar-refractivity contribution in [2.24, 2.45) is 0 Å². The van der Waals surface area contributed by atoms with Crippen molar-refractivity contribution in [2.75, 3.05) is 0 Å². The molecule has 0 aromatic heterocycles. The Labute approximate surface area is 47.2 Å². The van der Waals surface area contributed by atoms with Gasteiger partial charge in [-0.05, 0) is 0 Å². The van der Waals surface area contributed by atoms with Crippen molar-refractivity contribution in [2.45, 2.75) is 0 Å². The summed E-state index contributed by atoms with van der Waals surface area (Å²) in [5.41, 5.74) is 0. The van der Waals surface area contributed by atoms with Gasteiger partial charge in [-0.1, -0.05) is 17.9 Å². The third kappa shape index (κ3) is 1.77. The fourth-order valence-corrected chi connectivity index (χ4v) is 0.140. The molecule has 0 atom stereocenters. The Bertz CT molecular complexity index is 157. The highest BCUT2D eigenvalue weighted by Crippen LogP contribution is 2.09. The van der Waals surface area contributed by atoms with E-state index in [0.29, 0.717) is 0 Å². The molecule has 0 radical (unpaired) electrons. The van der Waals surface area contributed by atoms with Crippen LogP contribution < -0.4 is 0 Å². The van der Waals surface area contributed by atoms with Gasteiger partial charge >= 0.3 is 10.2 Å². The van der Waals surface area contributed by atoms with Crippen molar-refractivity contribution in [3.05, 3.63) is 0 Å². The van der Waals surface area contributed by atoms with Crippen LogP contribution in [0.5, 0.6) is 0 Å². The second-order valence-electron chi connectivity index (χ2n) is 0.852. The molecule has 0 aliphatic rings. The van der Waals surface area contributed by atoms with Crippen molar-refractivity contribution in [1.29, 1.82) is 0 Å². The summed E-state index contributed by atoms with van der Waals surface area (Å²) in [5, 5.41) is 0. The molecule has 0 aliphatic carbocycles. The number of halogens is 4. The predicted molar refractivity (Wildman–Crippen MR) is 17.0 cm³/mol. The van der Waals surface area contributed by atoms with Crippen LogP contribution in [0.3, 0.4) is 0 Å². The molecule has 0 heterocycles. The monoisotopic (exact) mass is 168 g/mol. The molecule has 0 spiro atoms. The summed E-state index contributed by atoms with van der Waals surface area (Å²) >= 11 is 0. The molecule has 0 unspecified atom stereocenters. The zero-order chi connectivity index (χ0) is 7.65. The molecule has 0 saturated heterocycles. The van der Waals surface area contributed by atoms with E-state index in [1.807, 2.05) is 0 Å². The summed E-state index contributed by atoms with van der Waals surface area (Å²) in [6.45, 7) is 0. The fourth-order valence-electron chi connectivity index (χ4n) is 0.0467. The molecule has 0 aromatic carbocycles. The zero-order valence-corrected chi connectivity index (χ0v) is 4.45. The zero-order valence-electron chi connectivity index (χ0n) is 3.63. The summed E-state index contributed by atoms with van der Waals surface area (Å²) in [6.07, 6.45) is 0. The first-order valence-electron chi connectivity index (χ1n) is 1.37. The van der Waals surface area contributed by atoms with Crippen molar-refractivity contribution in [1.82, 2.24) is 9.50 Å². The van der Waals surface area contributed by atoms with Crippen LogP contribution in [-0.4, -0.2) is 17.9 Å². The Morgan fingerprint density at radius 1 is 0.889 bits per heavy atom. The van der Waals surface area contributed by atoms with E-state index in [1.165, 1.54) is 0 Å². The summed E-state index contributed by atoms with van der Waals surface area (Å²) in [4.78, 5) is 0. The second kappa shape index (κ2) is 2.45. The molecule has 0 rings (SSSR count). The van der Waals surface area contributed by atoms with Gasteiger partial charge in [-0.3, -0.25) is 0 Å². The Morgan fingerprint density at radius 2 is 1.11 bits per heavy atom. The summed E-state index contributed by atoms with van der Waals surface area (Å²) in [5.74, 6) is 0. The van der Waals surface area contributed by atoms with Gasteiger partial charge in [-0.15, -0.1) is 0 Å². The Balaban J connectivity index is 4.42. The van der Waals surface area contributed by atoms with Crippen LogP contribution >= 0.6 is 0 Å². The lowest BCUT2D eigenvalue weighted by Crippen LogP contribution is -2.24. The standard InChI is InChI=1S/F4N2O2S/c1-5(2)9(7,8)6(3)4. The molecule has 0 N–H and O–H groups in total. The van der Waals surface area contributed by atoms with Crippen LogP contribution in [0.25, 0.3) is 0 Å². The lowest BCUT2D eigenvalue weighted by Gasteiger charge is -1.99. The van der Waals surface area contributed by atoms with E-state index in [0.717, 1.165) is 0 Å². The van der Waals surface area contributed by atoms with E-state index in [1.54, 1.807) is 0 Å². The molecule has 56 valence electrons. The highest BCUT2D eigenvalue weighted by Gasteiger charge is 2.31. The summed E-state index contributed by atoms with van der Waals surface area (Å²) < 4.78 is 56.7. The van der Waals surface area contributed by atoms with Crippen LogP contribution in [0, 0.1) is 0 Å². The van der Waals surface area contributed by atoms with Crippen LogP contribution in [0.1, 0.15) is 0 Å². The van der Waals surface area contributed by atoms with Gasteiger partial charge in [-0.2, -0.15) is 8.42 Å². The van der Waals surface area contributed by atoms with Gasteiger partial charge in [-0.25, -0.2) is 0 Å². The molecule has 0 bridgehead atoms. The van der Waals surface area contributed by atoms with Crippen LogP contribution in [0.2, 0.25) is 0 Å². The van der Waals surface area contributed by atoms with Crippen LogP contribution in [0.4, 0.5) is 17.9 Å². The number of hydrogen-bond acceptors (Lipinski definition) is 2. The Hall–Kier alpha value is -0.410. The highest BCUT2D eigenvalue weighted by molar-refractivity contribution is 7.86. The van der Waals surface area contributed by atoms with Crippen molar-refractivity contribution >= 4 is 10.2 Å². The number of hydrogen-bond donors (Lipinski definition) is 0. The van der Waals surface area contributed by atoms with Crippen LogP contribution in [0.15, 0.2) is 0 Å². The minimum atomic E-state index is -5.81. The van der Waals surface area contributed by atoms with Gasteiger partial charge in [0.25, 0.3) is 0 Å². The Morgan fingerprint density at radius 3 is 1.11 bits per heavy atom. The molecule has 0 aromatic rings. The molecule has 9 heavy (non-hydrogen) atoms.